The molecule has 2 aromatic carbocycles. The highest BCUT2D eigenvalue weighted by molar-refractivity contribution is 7.89. The van der Waals surface area contributed by atoms with Crippen molar-refractivity contribution < 1.29 is 23.0 Å². The van der Waals surface area contributed by atoms with Crippen LogP contribution in [0.15, 0.2) is 46.3 Å². The summed E-state index contributed by atoms with van der Waals surface area (Å²) in [6.45, 7) is 0. The van der Waals surface area contributed by atoms with Gasteiger partial charge in [0.2, 0.25) is 10.0 Å². The number of aliphatic imine (C=N–C) groups is 1. The van der Waals surface area contributed by atoms with Crippen molar-refractivity contribution in [2.45, 2.75) is 4.90 Å². The molecule has 7 nitrogen and oxygen atoms in total. The van der Waals surface area contributed by atoms with E-state index in [1.54, 1.807) is 18.2 Å². The van der Waals surface area contributed by atoms with E-state index in [1.807, 2.05) is 0 Å². The Bertz CT molecular complexity index is 892. The van der Waals surface area contributed by atoms with Gasteiger partial charge in [-0.3, -0.25) is 4.99 Å². The molecular weight excluding hydrogens is 344 g/mol. The zero-order valence-corrected chi connectivity index (χ0v) is 15.2. The highest BCUT2D eigenvalue weighted by atomic mass is 32.2. The zero-order chi connectivity index (χ0) is 18.6. The predicted molar refractivity (Wildman–Crippen MR) is 95.8 cm³/mol. The lowest BCUT2D eigenvalue weighted by Gasteiger charge is -2.13. The molecule has 0 aliphatic carbocycles. The van der Waals surface area contributed by atoms with Gasteiger partial charge in [0.15, 0.2) is 11.5 Å². The van der Waals surface area contributed by atoms with Crippen LogP contribution in [0, 0.1) is 0 Å². The molecule has 25 heavy (non-hydrogen) atoms. The van der Waals surface area contributed by atoms with Gasteiger partial charge < -0.3 is 14.6 Å². The van der Waals surface area contributed by atoms with Crippen molar-refractivity contribution in [3.05, 3.63) is 42.0 Å². The summed E-state index contributed by atoms with van der Waals surface area (Å²) in [7, 11) is 2.24. The van der Waals surface area contributed by atoms with Crippen LogP contribution in [-0.4, -0.2) is 52.4 Å². The van der Waals surface area contributed by atoms with Crippen molar-refractivity contribution in [3.8, 4) is 17.2 Å². The number of para-hydroxylation sites is 1. The van der Waals surface area contributed by atoms with Crippen molar-refractivity contribution in [1.29, 1.82) is 0 Å². The fourth-order valence-electron chi connectivity index (χ4n) is 2.09. The van der Waals surface area contributed by atoms with Crippen molar-refractivity contribution in [1.82, 2.24) is 4.31 Å². The number of sulfonamides is 1. The second-order valence-electron chi connectivity index (χ2n) is 5.28. The first-order valence-electron chi connectivity index (χ1n) is 7.32. The van der Waals surface area contributed by atoms with Crippen molar-refractivity contribution in [2.75, 3.05) is 28.3 Å². The van der Waals surface area contributed by atoms with Gasteiger partial charge in [-0.15, -0.1) is 0 Å². The van der Waals surface area contributed by atoms with Gasteiger partial charge in [0.05, 0.1) is 19.1 Å². The summed E-state index contributed by atoms with van der Waals surface area (Å²) in [5.74, 6) is 0.681. The minimum absolute atomic E-state index is 0.0511. The third kappa shape index (κ3) is 3.92. The van der Waals surface area contributed by atoms with E-state index in [2.05, 4.69) is 4.99 Å². The lowest BCUT2D eigenvalue weighted by atomic mass is 10.2. The third-order valence-corrected chi connectivity index (χ3v) is 5.33. The lowest BCUT2D eigenvalue weighted by molar-refractivity contribution is 0.373. The van der Waals surface area contributed by atoms with Crippen LogP contribution in [0.4, 0.5) is 5.69 Å². The van der Waals surface area contributed by atoms with Crippen molar-refractivity contribution >= 4 is 21.9 Å². The molecule has 0 atom stereocenters. The number of methoxy groups -OCH3 is 2. The second kappa shape index (κ2) is 7.54. The predicted octanol–water partition coefficient (Wildman–Crippen LogP) is 2.41. The van der Waals surface area contributed by atoms with Gasteiger partial charge in [0.25, 0.3) is 0 Å². The average Bonchev–Trinajstić information content (AvgIpc) is 2.60. The SMILES string of the molecule is COc1ccc(S(=O)(=O)N(C)C)cc1N=Cc1cccc(OC)c1O. The molecule has 0 aromatic heterocycles. The molecule has 0 bridgehead atoms. The summed E-state index contributed by atoms with van der Waals surface area (Å²) in [5.41, 5.74) is 0.759. The summed E-state index contributed by atoms with van der Waals surface area (Å²) in [4.78, 5) is 4.37. The fraction of sp³-hybridized carbons (Fsp3) is 0.235. The molecule has 0 radical (unpaired) electrons. The maximum Gasteiger partial charge on any atom is 0.242 e. The first-order chi connectivity index (χ1) is 11.8. The molecule has 0 spiro atoms. The van der Waals surface area contributed by atoms with Crippen molar-refractivity contribution in [2.24, 2.45) is 4.99 Å². The Morgan fingerprint density at radius 2 is 1.76 bits per heavy atom. The van der Waals surface area contributed by atoms with Gasteiger partial charge in [-0.2, -0.15) is 0 Å². The Morgan fingerprint density at radius 3 is 2.36 bits per heavy atom. The monoisotopic (exact) mass is 364 g/mol. The van der Waals surface area contributed by atoms with E-state index in [9.17, 15) is 13.5 Å². The Kier molecular flexibility index (Phi) is 5.66. The Balaban J connectivity index is 2.48. The average molecular weight is 364 g/mol. The zero-order valence-electron chi connectivity index (χ0n) is 14.4. The van der Waals surface area contributed by atoms with Gasteiger partial charge in [-0.25, -0.2) is 12.7 Å². The molecule has 0 fully saturated rings. The van der Waals surface area contributed by atoms with Gasteiger partial charge >= 0.3 is 0 Å². The maximum atomic E-state index is 12.3. The third-order valence-electron chi connectivity index (χ3n) is 3.52. The van der Waals surface area contributed by atoms with Crippen LogP contribution >= 0.6 is 0 Å². The van der Waals surface area contributed by atoms with E-state index in [0.29, 0.717) is 22.7 Å². The number of hydrogen-bond donors (Lipinski definition) is 1. The molecule has 0 aliphatic heterocycles. The number of hydrogen-bond acceptors (Lipinski definition) is 6. The summed E-state index contributed by atoms with van der Waals surface area (Å²) < 4.78 is 35.9. The summed E-state index contributed by atoms with van der Waals surface area (Å²) >= 11 is 0. The van der Waals surface area contributed by atoms with Crippen LogP contribution in [-0.2, 0) is 10.0 Å². The van der Waals surface area contributed by atoms with E-state index in [4.69, 9.17) is 9.47 Å². The smallest absolute Gasteiger partial charge is 0.242 e. The molecule has 0 amide bonds. The minimum atomic E-state index is -3.59. The molecule has 0 saturated heterocycles. The molecule has 2 aromatic rings. The van der Waals surface area contributed by atoms with Crippen LogP contribution in [0.5, 0.6) is 17.2 Å². The molecular formula is C17H20N2O5S. The molecule has 2 rings (SSSR count). The quantitative estimate of drug-likeness (QED) is 0.795. The number of phenols is 1. The number of phenolic OH excluding ortho intramolecular Hbond substituents is 1. The van der Waals surface area contributed by atoms with E-state index in [0.717, 1.165) is 4.31 Å². The first-order valence-corrected chi connectivity index (χ1v) is 8.76. The lowest BCUT2D eigenvalue weighted by Crippen LogP contribution is -2.22. The standard InChI is InChI=1S/C17H20N2O5S/c1-19(2)25(21,22)13-8-9-15(23-3)14(10-13)18-11-12-6-5-7-16(24-4)17(12)20/h5-11,20H,1-4H3. The fourth-order valence-corrected chi connectivity index (χ4v) is 3.01. The van der Waals surface area contributed by atoms with Crippen LogP contribution < -0.4 is 9.47 Å². The van der Waals surface area contributed by atoms with Gasteiger partial charge in [0, 0.05) is 25.9 Å². The molecule has 134 valence electrons. The van der Waals surface area contributed by atoms with Crippen LogP contribution in [0.1, 0.15) is 5.56 Å². The molecule has 1 N–H and O–H groups in total. The summed E-state index contributed by atoms with van der Waals surface area (Å²) in [6, 6.07) is 9.41. The minimum Gasteiger partial charge on any atom is -0.504 e. The highest BCUT2D eigenvalue weighted by Crippen LogP contribution is 2.32. The Hall–Kier alpha value is -2.58. The van der Waals surface area contributed by atoms with Gasteiger partial charge in [-0.05, 0) is 30.3 Å². The summed E-state index contributed by atoms with van der Waals surface area (Å²) in [6.07, 6.45) is 1.42. The second-order valence-corrected chi connectivity index (χ2v) is 7.43. The first kappa shape index (κ1) is 18.8. The van der Waals surface area contributed by atoms with Crippen LogP contribution in [0.3, 0.4) is 0 Å². The Morgan fingerprint density at radius 1 is 1.08 bits per heavy atom. The van der Waals surface area contributed by atoms with Gasteiger partial charge in [0.1, 0.15) is 11.4 Å². The normalized spacial score (nSPS) is 11.9. The van der Waals surface area contributed by atoms with E-state index < -0.39 is 10.0 Å². The molecule has 0 heterocycles. The maximum absolute atomic E-state index is 12.3. The van der Waals surface area contributed by atoms with Gasteiger partial charge in [-0.1, -0.05) is 6.07 Å². The highest BCUT2D eigenvalue weighted by Gasteiger charge is 2.19. The van der Waals surface area contributed by atoms with E-state index >= 15 is 0 Å². The summed E-state index contributed by atoms with van der Waals surface area (Å²) in [5, 5.41) is 10.1. The topological polar surface area (TPSA) is 88.4 Å². The number of rotatable bonds is 6. The molecule has 0 aliphatic rings. The number of ether oxygens (including phenoxy) is 2. The largest absolute Gasteiger partial charge is 0.504 e. The molecule has 0 saturated carbocycles. The van der Waals surface area contributed by atoms with Crippen LogP contribution in [0.25, 0.3) is 0 Å². The number of benzene rings is 2. The van der Waals surface area contributed by atoms with Crippen LogP contribution in [0.2, 0.25) is 0 Å². The molecule has 8 heteroatoms. The van der Waals surface area contributed by atoms with Crippen molar-refractivity contribution in [3.63, 3.8) is 0 Å². The number of nitrogens with zero attached hydrogens (tertiary/aromatic N) is 2. The van der Waals surface area contributed by atoms with E-state index in [1.165, 1.54) is 52.7 Å². The number of aromatic hydroxyl groups is 1. The molecule has 0 unspecified atom stereocenters. The Labute approximate surface area is 147 Å². The van der Waals surface area contributed by atoms with E-state index in [-0.39, 0.29) is 10.6 Å².